The molecule has 1 aromatic heterocycles. The molecule has 31 heavy (non-hydrogen) atoms. The minimum Gasteiger partial charge on any atom is -0.326 e. The van der Waals surface area contributed by atoms with Gasteiger partial charge in [-0.25, -0.2) is 0 Å². The number of carbonyl (C=O) groups excluding carboxylic acids is 2. The first-order valence-electron chi connectivity index (χ1n) is 9.92. The zero-order chi connectivity index (χ0) is 21.8. The van der Waals surface area contributed by atoms with Gasteiger partial charge >= 0.3 is 0 Å². The van der Waals surface area contributed by atoms with E-state index in [1.807, 2.05) is 61.5 Å². The summed E-state index contributed by atoms with van der Waals surface area (Å²) in [5, 5.41) is 14.0. The van der Waals surface area contributed by atoms with Gasteiger partial charge in [0.2, 0.25) is 5.91 Å². The Balaban J connectivity index is 1.60. The summed E-state index contributed by atoms with van der Waals surface area (Å²) in [6, 6.07) is 24.9. The quantitative estimate of drug-likeness (QED) is 0.319. The van der Waals surface area contributed by atoms with Gasteiger partial charge in [-0.3, -0.25) is 9.59 Å². The van der Waals surface area contributed by atoms with E-state index in [9.17, 15) is 9.59 Å². The number of fused-ring (bicyclic) bond motifs is 1. The van der Waals surface area contributed by atoms with Crippen LogP contribution in [0.25, 0.3) is 22.0 Å². The molecule has 1 atom stereocenters. The lowest BCUT2D eigenvalue weighted by Crippen LogP contribution is -2.14. The van der Waals surface area contributed by atoms with Crippen molar-refractivity contribution in [1.82, 2.24) is 10.2 Å². The predicted octanol–water partition coefficient (Wildman–Crippen LogP) is 5.62. The molecule has 154 valence electrons. The first kappa shape index (κ1) is 20.8. The van der Waals surface area contributed by atoms with Crippen LogP contribution in [-0.4, -0.2) is 27.1 Å². The Morgan fingerprint density at radius 2 is 1.48 bits per heavy atom. The van der Waals surface area contributed by atoms with E-state index in [2.05, 4.69) is 15.5 Å². The van der Waals surface area contributed by atoms with Crippen LogP contribution in [0.1, 0.15) is 24.2 Å². The Hall–Kier alpha value is -3.51. The number of carbonyl (C=O) groups is 2. The lowest BCUT2D eigenvalue weighted by Gasteiger charge is -2.13. The molecular weight excluding hydrogens is 406 g/mol. The zero-order valence-corrected chi connectivity index (χ0v) is 18.0. The minimum atomic E-state index is -0.341. The van der Waals surface area contributed by atoms with Crippen molar-refractivity contribution in [2.24, 2.45) is 0 Å². The van der Waals surface area contributed by atoms with Crippen molar-refractivity contribution in [3.63, 3.8) is 0 Å². The maximum atomic E-state index is 13.0. The van der Waals surface area contributed by atoms with Crippen LogP contribution in [0.5, 0.6) is 0 Å². The van der Waals surface area contributed by atoms with Gasteiger partial charge in [-0.2, -0.15) is 0 Å². The van der Waals surface area contributed by atoms with Crippen LogP contribution in [0.3, 0.4) is 0 Å². The van der Waals surface area contributed by atoms with Crippen molar-refractivity contribution in [1.29, 1.82) is 0 Å². The van der Waals surface area contributed by atoms with Crippen LogP contribution in [0.2, 0.25) is 0 Å². The van der Waals surface area contributed by atoms with Gasteiger partial charge < -0.3 is 5.32 Å². The summed E-state index contributed by atoms with van der Waals surface area (Å²) in [5.74, 6) is -0.148. The van der Waals surface area contributed by atoms with Gasteiger partial charge in [0.25, 0.3) is 0 Å². The van der Waals surface area contributed by atoms with Gasteiger partial charge in [0.15, 0.2) is 5.78 Å². The van der Waals surface area contributed by atoms with Crippen molar-refractivity contribution in [2.75, 3.05) is 5.32 Å². The van der Waals surface area contributed by atoms with E-state index >= 15 is 0 Å². The highest BCUT2D eigenvalue weighted by Gasteiger charge is 2.20. The van der Waals surface area contributed by atoms with Gasteiger partial charge in [-0.05, 0) is 31.2 Å². The lowest BCUT2D eigenvalue weighted by atomic mass is 10.1. The summed E-state index contributed by atoms with van der Waals surface area (Å²) in [6.45, 7) is 3.32. The second-order valence-corrected chi connectivity index (χ2v) is 8.48. The fourth-order valence-corrected chi connectivity index (χ4v) is 4.32. The number of ketones is 1. The summed E-state index contributed by atoms with van der Waals surface area (Å²) in [7, 11) is 0. The van der Waals surface area contributed by atoms with Crippen LogP contribution in [0.15, 0.2) is 83.9 Å². The summed E-state index contributed by atoms with van der Waals surface area (Å²) >= 11 is 1.40. The molecule has 1 N–H and O–H groups in total. The van der Waals surface area contributed by atoms with E-state index in [-0.39, 0.29) is 16.9 Å². The number of nitrogens with zero attached hydrogens (tertiary/aromatic N) is 2. The molecular formula is C25H21N3O2S. The number of nitrogens with one attached hydrogen (secondary N) is 1. The smallest absolute Gasteiger partial charge is 0.221 e. The lowest BCUT2D eigenvalue weighted by molar-refractivity contribution is -0.114. The molecule has 0 spiro atoms. The topological polar surface area (TPSA) is 72.0 Å². The Labute approximate surface area is 184 Å². The van der Waals surface area contributed by atoms with Crippen LogP contribution in [0.4, 0.5) is 5.69 Å². The largest absolute Gasteiger partial charge is 0.326 e. The van der Waals surface area contributed by atoms with Crippen molar-refractivity contribution in [3.8, 4) is 11.3 Å². The molecule has 5 nitrogen and oxygen atoms in total. The Kier molecular flexibility index (Phi) is 6.09. The van der Waals surface area contributed by atoms with E-state index in [4.69, 9.17) is 0 Å². The first-order valence-corrected chi connectivity index (χ1v) is 10.8. The van der Waals surface area contributed by atoms with Gasteiger partial charge in [0.1, 0.15) is 10.7 Å². The average molecular weight is 428 g/mol. The number of amides is 1. The van der Waals surface area contributed by atoms with Gasteiger partial charge in [0.05, 0.1) is 5.25 Å². The predicted molar refractivity (Wildman–Crippen MR) is 125 cm³/mol. The maximum Gasteiger partial charge on any atom is 0.221 e. The molecule has 4 rings (SSSR count). The molecule has 0 aliphatic carbocycles. The maximum absolute atomic E-state index is 13.0. The number of thioether (sulfide) groups is 1. The molecule has 3 aromatic carbocycles. The fourth-order valence-electron chi connectivity index (χ4n) is 3.35. The normalized spacial score (nSPS) is 11.8. The molecule has 0 saturated carbocycles. The van der Waals surface area contributed by atoms with E-state index < -0.39 is 0 Å². The van der Waals surface area contributed by atoms with E-state index in [0.717, 1.165) is 27.1 Å². The van der Waals surface area contributed by atoms with E-state index in [1.54, 1.807) is 24.3 Å². The third-order valence-corrected chi connectivity index (χ3v) is 5.94. The van der Waals surface area contributed by atoms with Crippen LogP contribution >= 0.6 is 11.8 Å². The molecule has 1 amide bonds. The number of hydrogen-bond donors (Lipinski definition) is 1. The Bertz CT molecular complexity index is 1240. The fraction of sp³-hybridized carbons (Fsp3) is 0.120. The van der Waals surface area contributed by atoms with Crippen molar-refractivity contribution < 1.29 is 9.59 Å². The van der Waals surface area contributed by atoms with Gasteiger partial charge in [-0.15, -0.1) is 10.2 Å². The van der Waals surface area contributed by atoms with Crippen LogP contribution < -0.4 is 5.32 Å². The molecule has 0 radical (unpaired) electrons. The highest BCUT2D eigenvalue weighted by Crippen LogP contribution is 2.34. The van der Waals surface area contributed by atoms with Gasteiger partial charge in [-0.1, -0.05) is 66.4 Å². The molecule has 1 heterocycles. The second-order valence-electron chi connectivity index (χ2n) is 7.15. The first-order chi connectivity index (χ1) is 15.0. The molecule has 0 bridgehead atoms. The summed E-state index contributed by atoms with van der Waals surface area (Å²) in [6.07, 6.45) is 0. The monoisotopic (exact) mass is 427 g/mol. The Morgan fingerprint density at radius 3 is 2.16 bits per heavy atom. The third kappa shape index (κ3) is 4.64. The van der Waals surface area contributed by atoms with Crippen molar-refractivity contribution >= 4 is 39.9 Å². The molecule has 1 unspecified atom stereocenters. The number of benzene rings is 3. The third-order valence-electron chi connectivity index (χ3n) is 4.85. The molecule has 0 aliphatic rings. The SMILES string of the molecule is CC(=O)Nc1ccc(C(=O)C(C)Sc2nnc(-c3ccccc3)c3ccccc23)cc1. The Morgan fingerprint density at radius 1 is 0.839 bits per heavy atom. The van der Waals surface area contributed by atoms with E-state index in [0.29, 0.717) is 11.3 Å². The molecule has 0 saturated heterocycles. The minimum absolute atomic E-state index is 0.00241. The van der Waals surface area contributed by atoms with E-state index in [1.165, 1.54) is 18.7 Å². The number of hydrogen-bond acceptors (Lipinski definition) is 5. The zero-order valence-electron chi connectivity index (χ0n) is 17.2. The number of anilines is 1. The summed E-state index contributed by atoms with van der Waals surface area (Å²) in [5.41, 5.74) is 3.09. The van der Waals surface area contributed by atoms with Crippen molar-refractivity contribution in [3.05, 3.63) is 84.4 Å². The standard InChI is InChI=1S/C25H21N3O2S/c1-16(24(30)19-12-14-20(15-13-19)26-17(2)29)31-25-22-11-7-6-10-21(22)23(27-28-25)18-8-4-3-5-9-18/h3-16H,1-2H3,(H,26,29). The average Bonchev–Trinajstić information content (AvgIpc) is 2.79. The summed E-state index contributed by atoms with van der Waals surface area (Å²) in [4.78, 5) is 24.1. The van der Waals surface area contributed by atoms with Crippen LogP contribution in [-0.2, 0) is 4.79 Å². The van der Waals surface area contributed by atoms with Crippen LogP contribution in [0, 0.1) is 0 Å². The highest BCUT2D eigenvalue weighted by molar-refractivity contribution is 8.00. The van der Waals surface area contributed by atoms with Gasteiger partial charge in [0, 0.05) is 34.5 Å². The summed E-state index contributed by atoms with van der Waals surface area (Å²) < 4.78 is 0. The number of rotatable bonds is 6. The number of aromatic nitrogens is 2. The van der Waals surface area contributed by atoms with Crippen molar-refractivity contribution in [2.45, 2.75) is 24.1 Å². The molecule has 4 aromatic rings. The second kappa shape index (κ2) is 9.10. The molecule has 0 aliphatic heterocycles. The number of Topliss-reactive ketones (excluding diaryl/α,β-unsaturated/α-hetero) is 1. The molecule has 0 fully saturated rings. The highest BCUT2D eigenvalue weighted by atomic mass is 32.2. The molecule has 6 heteroatoms.